The van der Waals surface area contributed by atoms with Gasteiger partial charge in [0.05, 0.1) is 0 Å². The minimum atomic E-state index is -0.491. The monoisotopic (exact) mass is 396 g/mol. The number of pyridine rings is 2. The van der Waals surface area contributed by atoms with Gasteiger partial charge in [0.15, 0.2) is 0 Å². The topological polar surface area (TPSA) is 49.8 Å². The highest BCUT2D eigenvalue weighted by molar-refractivity contribution is 5.75. The maximum absolute atomic E-state index is 15.1. The molecule has 29 heavy (non-hydrogen) atoms. The molecule has 0 aliphatic carbocycles. The van der Waals surface area contributed by atoms with Crippen LogP contribution in [0.2, 0.25) is 0 Å². The zero-order valence-electron chi connectivity index (χ0n) is 17.3. The average Bonchev–Trinajstić information content (AvgIpc) is 2.66. The standard InChI is InChI=1S/C23H26F2N4/c1-13(2)28-20-8-6-16(11-26-20)18-10-19(24)22(15(5)23(18)25)17-7-9-21(27-12-17)29-14(3)4/h6-14H,1-5H3,(H,26,28)(H,27,29). The van der Waals surface area contributed by atoms with Gasteiger partial charge in [0.1, 0.15) is 23.3 Å². The summed E-state index contributed by atoms with van der Waals surface area (Å²) in [6, 6.07) is 8.72. The minimum absolute atomic E-state index is 0.193. The summed E-state index contributed by atoms with van der Waals surface area (Å²) in [4.78, 5) is 8.60. The molecule has 0 unspecified atom stereocenters. The lowest BCUT2D eigenvalue weighted by Gasteiger charge is -2.14. The van der Waals surface area contributed by atoms with Crippen LogP contribution in [-0.4, -0.2) is 22.1 Å². The first-order chi connectivity index (χ1) is 13.8. The Balaban J connectivity index is 1.96. The zero-order chi connectivity index (χ0) is 21.1. The summed E-state index contributed by atoms with van der Waals surface area (Å²) < 4.78 is 30.1. The molecule has 1 aromatic carbocycles. The Morgan fingerprint density at radius 2 is 1.31 bits per heavy atom. The van der Waals surface area contributed by atoms with Crippen LogP contribution >= 0.6 is 0 Å². The fourth-order valence-corrected chi connectivity index (χ4v) is 3.17. The summed E-state index contributed by atoms with van der Waals surface area (Å²) in [5.41, 5.74) is 1.73. The maximum Gasteiger partial charge on any atom is 0.134 e. The van der Waals surface area contributed by atoms with Gasteiger partial charge in [0, 0.05) is 46.7 Å². The molecule has 152 valence electrons. The van der Waals surface area contributed by atoms with Crippen molar-refractivity contribution in [3.8, 4) is 22.3 Å². The fourth-order valence-electron chi connectivity index (χ4n) is 3.17. The summed E-state index contributed by atoms with van der Waals surface area (Å²) in [6.45, 7) is 9.61. The molecular formula is C23H26F2N4. The number of nitrogens with zero attached hydrogens (tertiary/aromatic N) is 2. The van der Waals surface area contributed by atoms with Gasteiger partial charge in [0.25, 0.3) is 0 Å². The van der Waals surface area contributed by atoms with Gasteiger partial charge in [-0.2, -0.15) is 0 Å². The number of halogens is 2. The molecule has 0 bridgehead atoms. The molecule has 0 radical (unpaired) electrons. The lowest BCUT2D eigenvalue weighted by molar-refractivity contribution is 0.598. The summed E-state index contributed by atoms with van der Waals surface area (Å²) in [5, 5.41) is 6.36. The van der Waals surface area contributed by atoms with Crippen LogP contribution in [0.5, 0.6) is 0 Å². The second-order valence-electron chi connectivity index (χ2n) is 7.68. The van der Waals surface area contributed by atoms with Gasteiger partial charge in [0.2, 0.25) is 0 Å². The number of aromatic nitrogens is 2. The van der Waals surface area contributed by atoms with Gasteiger partial charge in [-0.1, -0.05) is 0 Å². The molecule has 0 atom stereocenters. The Labute approximate surface area is 170 Å². The van der Waals surface area contributed by atoms with Crippen LogP contribution in [0.15, 0.2) is 42.7 Å². The predicted octanol–water partition coefficient (Wildman–Crippen LogP) is 6.04. The van der Waals surface area contributed by atoms with E-state index < -0.39 is 11.6 Å². The van der Waals surface area contributed by atoms with Crippen molar-refractivity contribution in [1.29, 1.82) is 0 Å². The summed E-state index contributed by atoms with van der Waals surface area (Å²) in [5.74, 6) is 0.436. The van der Waals surface area contributed by atoms with Crippen molar-refractivity contribution in [2.75, 3.05) is 10.6 Å². The molecular weight excluding hydrogens is 370 g/mol. The van der Waals surface area contributed by atoms with Crippen molar-refractivity contribution in [1.82, 2.24) is 9.97 Å². The quantitative estimate of drug-likeness (QED) is 0.533. The Kier molecular flexibility index (Phi) is 6.11. The highest BCUT2D eigenvalue weighted by atomic mass is 19.1. The van der Waals surface area contributed by atoms with Crippen LogP contribution in [0.4, 0.5) is 20.4 Å². The van der Waals surface area contributed by atoms with Crippen molar-refractivity contribution >= 4 is 11.6 Å². The van der Waals surface area contributed by atoms with Crippen molar-refractivity contribution in [2.45, 2.75) is 46.7 Å². The van der Waals surface area contributed by atoms with E-state index in [4.69, 9.17) is 0 Å². The Bertz CT molecular complexity index is 981. The third-order valence-electron chi connectivity index (χ3n) is 4.45. The normalized spacial score (nSPS) is 11.2. The molecule has 0 fully saturated rings. The molecule has 0 amide bonds. The molecule has 3 rings (SSSR count). The molecule has 0 spiro atoms. The van der Waals surface area contributed by atoms with E-state index in [0.717, 1.165) is 0 Å². The largest absolute Gasteiger partial charge is 0.368 e. The molecule has 0 aliphatic rings. The van der Waals surface area contributed by atoms with E-state index in [0.29, 0.717) is 22.8 Å². The summed E-state index contributed by atoms with van der Waals surface area (Å²) in [7, 11) is 0. The number of rotatable bonds is 6. The Hall–Kier alpha value is -3.02. The third kappa shape index (κ3) is 4.70. The molecule has 0 saturated carbocycles. The number of hydrogen-bond acceptors (Lipinski definition) is 4. The number of benzene rings is 1. The average molecular weight is 396 g/mol. The molecule has 6 heteroatoms. The minimum Gasteiger partial charge on any atom is -0.368 e. The predicted molar refractivity (Wildman–Crippen MR) is 115 cm³/mol. The van der Waals surface area contributed by atoms with Crippen molar-refractivity contribution in [2.24, 2.45) is 0 Å². The first-order valence-corrected chi connectivity index (χ1v) is 9.70. The van der Waals surface area contributed by atoms with Crippen LogP contribution in [0.1, 0.15) is 33.3 Å². The second kappa shape index (κ2) is 8.55. The fraction of sp³-hybridized carbons (Fsp3) is 0.304. The summed E-state index contributed by atoms with van der Waals surface area (Å²) >= 11 is 0. The van der Waals surface area contributed by atoms with E-state index in [1.54, 1.807) is 43.6 Å². The molecule has 2 aromatic heterocycles. The Morgan fingerprint density at radius 3 is 1.76 bits per heavy atom. The van der Waals surface area contributed by atoms with E-state index in [-0.39, 0.29) is 28.8 Å². The van der Waals surface area contributed by atoms with Gasteiger partial charge in [-0.25, -0.2) is 18.7 Å². The first kappa shape index (κ1) is 20.7. The van der Waals surface area contributed by atoms with Crippen molar-refractivity contribution < 1.29 is 8.78 Å². The van der Waals surface area contributed by atoms with E-state index in [2.05, 4.69) is 20.6 Å². The van der Waals surface area contributed by atoms with Gasteiger partial charge >= 0.3 is 0 Å². The number of nitrogens with one attached hydrogen (secondary N) is 2. The molecule has 0 aliphatic heterocycles. The number of hydrogen-bond donors (Lipinski definition) is 2. The second-order valence-corrected chi connectivity index (χ2v) is 7.68. The highest BCUT2D eigenvalue weighted by Gasteiger charge is 2.18. The summed E-state index contributed by atoms with van der Waals surface area (Å²) in [6.07, 6.45) is 3.11. The van der Waals surface area contributed by atoms with E-state index in [1.807, 2.05) is 27.7 Å². The lowest BCUT2D eigenvalue weighted by atomic mass is 9.95. The van der Waals surface area contributed by atoms with E-state index in [1.165, 1.54) is 6.07 Å². The van der Waals surface area contributed by atoms with Crippen LogP contribution in [0.25, 0.3) is 22.3 Å². The molecule has 2 N–H and O–H groups in total. The molecule has 2 heterocycles. The van der Waals surface area contributed by atoms with Crippen molar-refractivity contribution in [3.63, 3.8) is 0 Å². The smallest absolute Gasteiger partial charge is 0.134 e. The molecule has 4 nitrogen and oxygen atoms in total. The van der Waals surface area contributed by atoms with Gasteiger partial charge in [-0.3, -0.25) is 0 Å². The van der Waals surface area contributed by atoms with Crippen molar-refractivity contribution in [3.05, 3.63) is 59.9 Å². The maximum atomic E-state index is 15.1. The van der Waals surface area contributed by atoms with E-state index in [9.17, 15) is 4.39 Å². The first-order valence-electron chi connectivity index (χ1n) is 9.70. The van der Waals surface area contributed by atoms with Crippen LogP contribution < -0.4 is 10.6 Å². The molecule has 0 saturated heterocycles. The number of anilines is 2. The SMILES string of the molecule is Cc1c(F)c(-c2ccc(NC(C)C)nc2)cc(F)c1-c1ccc(NC(C)C)nc1. The third-order valence-corrected chi connectivity index (χ3v) is 4.45. The van der Waals surface area contributed by atoms with Crippen LogP contribution in [-0.2, 0) is 0 Å². The van der Waals surface area contributed by atoms with Crippen LogP contribution in [0.3, 0.4) is 0 Å². The lowest BCUT2D eigenvalue weighted by Crippen LogP contribution is -2.10. The zero-order valence-corrected chi connectivity index (χ0v) is 17.3. The van der Waals surface area contributed by atoms with Gasteiger partial charge in [-0.05, 0) is 70.5 Å². The molecule has 3 aromatic rings. The van der Waals surface area contributed by atoms with E-state index >= 15 is 4.39 Å². The van der Waals surface area contributed by atoms with Gasteiger partial charge < -0.3 is 10.6 Å². The van der Waals surface area contributed by atoms with Crippen LogP contribution in [0, 0.1) is 18.6 Å². The highest BCUT2D eigenvalue weighted by Crippen LogP contribution is 2.34. The van der Waals surface area contributed by atoms with Gasteiger partial charge in [-0.15, -0.1) is 0 Å². The Morgan fingerprint density at radius 1 is 0.793 bits per heavy atom.